The van der Waals surface area contributed by atoms with Crippen molar-refractivity contribution in [1.82, 2.24) is 25.1 Å². The Kier molecular flexibility index (Phi) is 8.29. The Bertz CT molecular complexity index is 581. The number of nitrogens with one attached hydrogen (secondary N) is 1. The van der Waals surface area contributed by atoms with E-state index in [1.165, 1.54) is 12.8 Å². The molecule has 0 atom stereocenters. The monoisotopic (exact) mass is 389 g/mol. The Hall–Kier alpha value is -1.93. The summed E-state index contributed by atoms with van der Waals surface area (Å²) in [7, 11) is 1.77. The molecule has 0 spiro atoms. The first-order valence-corrected chi connectivity index (χ1v) is 10.6. The van der Waals surface area contributed by atoms with E-state index in [-0.39, 0.29) is 0 Å². The predicted octanol–water partition coefficient (Wildman–Crippen LogP) is 0.923. The molecule has 0 radical (unpaired) electrons. The van der Waals surface area contributed by atoms with Crippen LogP contribution in [-0.4, -0.2) is 98.3 Å². The highest BCUT2D eigenvalue weighted by Gasteiger charge is 2.22. The zero-order chi connectivity index (χ0) is 19.6. The zero-order valence-electron chi connectivity index (χ0n) is 17.4. The summed E-state index contributed by atoms with van der Waals surface area (Å²) in [6.45, 7) is 11.9. The highest BCUT2D eigenvalue weighted by atomic mass is 16.5. The molecular weight excluding hydrogens is 354 g/mol. The lowest BCUT2D eigenvalue weighted by Gasteiger charge is -2.37. The van der Waals surface area contributed by atoms with Crippen LogP contribution in [0, 0.1) is 5.92 Å². The van der Waals surface area contributed by atoms with Crippen molar-refractivity contribution < 1.29 is 4.74 Å². The van der Waals surface area contributed by atoms with Gasteiger partial charge in [0.2, 0.25) is 5.95 Å². The second-order valence-corrected chi connectivity index (χ2v) is 7.50. The summed E-state index contributed by atoms with van der Waals surface area (Å²) in [5.41, 5.74) is 0. The Morgan fingerprint density at radius 3 is 2.50 bits per heavy atom. The van der Waals surface area contributed by atoms with E-state index >= 15 is 0 Å². The van der Waals surface area contributed by atoms with Crippen molar-refractivity contribution in [3.8, 4) is 0 Å². The van der Waals surface area contributed by atoms with Crippen LogP contribution in [0.1, 0.15) is 19.8 Å². The van der Waals surface area contributed by atoms with Gasteiger partial charge in [-0.1, -0.05) is 0 Å². The molecular formula is C20H35N7O. The van der Waals surface area contributed by atoms with E-state index in [2.05, 4.69) is 36.9 Å². The average molecular weight is 390 g/mol. The van der Waals surface area contributed by atoms with Crippen LogP contribution in [0.2, 0.25) is 0 Å². The van der Waals surface area contributed by atoms with E-state index in [9.17, 15) is 0 Å². The Labute approximate surface area is 169 Å². The van der Waals surface area contributed by atoms with Gasteiger partial charge in [0.1, 0.15) is 0 Å². The SMILES string of the molecule is CCNC(=NCC1CCN(CCOC)CC1)N1CCN(c2ncccn2)CC1. The van der Waals surface area contributed by atoms with Gasteiger partial charge < -0.3 is 24.8 Å². The van der Waals surface area contributed by atoms with E-state index in [0.29, 0.717) is 5.92 Å². The summed E-state index contributed by atoms with van der Waals surface area (Å²) in [5, 5.41) is 3.48. The van der Waals surface area contributed by atoms with E-state index in [0.717, 1.165) is 77.4 Å². The quantitative estimate of drug-likeness (QED) is 0.549. The molecule has 28 heavy (non-hydrogen) atoms. The Morgan fingerprint density at radius 2 is 1.86 bits per heavy atom. The van der Waals surface area contributed by atoms with Gasteiger partial charge in [-0.15, -0.1) is 0 Å². The second kappa shape index (κ2) is 11.2. The van der Waals surface area contributed by atoms with Crippen LogP contribution < -0.4 is 10.2 Å². The fourth-order valence-corrected chi connectivity index (χ4v) is 3.83. The lowest BCUT2D eigenvalue weighted by atomic mass is 9.97. The minimum atomic E-state index is 0.687. The van der Waals surface area contributed by atoms with E-state index in [1.807, 2.05) is 6.07 Å². The number of nitrogens with zero attached hydrogens (tertiary/aromatic N) is 6. The minimum Gasteiger partial charge on any atom is -0.383 e. The van der Waals surface area contributed by atoms with Gasteiger partial charge in [0.25, 0.3) is 0 Å². The van der Waals surface area contributed by atoms with Gasteiger partial charge in [-0.05, 0) is 44.8 Å². The van der Waals surface area contributed by atoms with Crippen LogP contribution in [0.4, 0.5) is 5.95 Å². The van der Waals surface area contributed by atoms with E-state index in [4.69, 9.17) is 9.73 Å². The molecule has 0 bridgehead atoms. The summed E-state index contributed by atoms with van der Waals surface area (Å²) < 4.78 is 5.19. The van der Waals surface area contributed by atoms with Gasteiger partial charge in [0.05, 0.1) is 6.61 Å². The topological polar surface area (TPSA) is 69.1 Å². The highest BCUT2D eigenvalue weighted by molar-refractivity contribution is 5.80. The van der Waals surface area contributed by atoms with Crippen LogP contribution in [0.3, 0.4) is 0 Å². The maximum Gasteiger partial charge on any atom is 0.225 e. The largest absolute Gasteiger partial charge is 0.383 e. The number of methoxy groups -OCH3 is 1. The molecule has 156 valence electrons. The predicted molar refractivity (Wildman–Crippen MR) is 113 cm³/mol. The minimum absolute atomic E-state index is 0.687. The molecule has 8 heteroatoms. The number of guanidine groups is 1. The van der Waals surface area contributed by atoms with Crippen molar-refractivity contribution in [2.24, 2.45) is 10.9 Å². The van der Waals surface area contributed by atoms with Crippen molar-refractivity contribution in [1.29, 1.82) is 0 Å². The van der Waals surface area contributed by atoms with Crippen LogP contribution in [-0.2, 0) is 4.74 Å². The standard InChI is InChI=1S/C20H35N7O/c1-3-21-19(24-17-18-5-9-25(10-6-18)15-16-28-2)26-11-13-27(14-12-26)20-22-7-4-8-23-20/h4,7-8,18H,3,5-6,9-17H2,1-2H3,(H,21,24). The Balaban J connectivity index is 1.47. The number of hydrogen-bond donors (Lipinski definition) is 1. The first-order chi connectivity index (χ1) is 13.8. The molecule has 2 saturated heterocycles. The number of aliphatic imine (C=N–C) groups is 1. The van der Waals surface area contributed by atoms with Crippen molar-refractivity contribution in [2.75, 3.05) is 77.5 Å². The fourth-order valence-electron chi connectivity index (χ4n) is 3.83. The number of piperidine rings is 1. The molecule has 0 saturated carbocycles. The number of aromatic nitrogens is 2. The second-order valence-electron chi connectivity index (χ2n) is 7.50. The number of hydrogen-bond acceptors (Lipinski definition) is 6. The maximum atomic E-state index is 5.19. The van der Waals surface area contributed by atoms with Gasteiger partial charge in [-0.2, -0.15) is 0 Å². The summed E-state index contributed by atoms with van der Waals surface area (Å²) >= 11 is 0. The number of likely N-dealkylation sites (tertiary alicyclic amines) is 1. The zero-order valence-corrected chi connectivity index (χ0v) is 17.4. The van der Waals surface area contributed by atoms with Gasteiger partial charge in [-0.3, -0.25) is 4.99 Å². The third-order valence-electron chi connectivity index (χ3n) is 5.57. The average Bonchev–Trinajstić information content (AvgIpc) is 2.77. The lowest BCUT2D eigenvalue weighted by Crippen LogP contribution is -2.53. The van der Waals surface area contributed by atoms with Crippen molar-refractivity contribution in [3.05, 3.63) is 18.5 Å². The molecule has 2 fully saturated rings. The molecule has 1 N–H and O–H groups in total. The molecule has 1 aromatic heterocycles. The summed E-state index contributed by atoms with van der Waals surface area (Å²) in [6.07, 6.45) is 6.07. The van der Waals surface area contributed by atoms with Crippen LogP contribution in [0.5, 0.6) is 0 Å². The van der Waals surface area contributed by atoms with Crippen molar-refractivity contribution in [2.45, 2.75) is 19.8 Å². The smallest absolute Gasteiger partial charge is 0.225 e. The molecule has 0 aliphatic carbocycles. The molecule has 1 aromatic rings. The molecule has 3 heterocycles. The molecule has 8 nitrogen and oxygen atoms in total. The molecule has 0 amide bonds. The maximum absolute atomic E-state index is 5.19. The number of anilines is 1. The number of ether oxygens (including phenoxy) is 1. The Morgan fingerprint density at radius 1 is 1.14 bits per heavy atom. The molecule has 2 aliphatic heterocycles. The summed E-state index contributed by atoms with van der Waals surface area (Å²) in [5.74, 6) is 2.56. The number of rotatable bonds is 7. The van der Waals surface area contributed by atoms with Crippen molar-refractivity contribution >= 4 is 11.9 Å². The van der Waals surface area contributed by atoms with Gasteiger partial charge in [0, 0.05) is 65.3 Å². The van der Waals surface area contributed by atoms with Crippen LogP contribution in [0.15, 0.2) is 23.5 Å². The van der Waals surface area contributed by atoms with Gasteiger partial charge in [-0.25, -0.2) is 9.97 Å². The van der Waals surface area contributed by atoms with Gasteiger partial charge in [0.15, 0.2) is 5.96 Å². The third kappa shape index (κ3) is 6.04. The first kappa shape index (κ1) is 20.8. The number of piperazine rings is 1. The summed E-state index contributed by atoms with van der Waals surface area (Å²) in [6, 6.07) is 1.86. The third-order valence-corrected chi connectivity index (χ3v) is 5.57. The fraction of sp³-hybridized carbons (Fsp3) is 0.750. The lowest BCUT2D eigenvalue weighted by molar-refractivity contribution is 0.121. The van der Waals surface area contributed by atoms with E-state index < -0.39 is 0 Å². The van der Waals surface area contributed by atoms with Crippen LogP contribution in [0.25, 0.3) is 0 Å². The normalized spacial score (nSPS) is 19.9. The van der Waals surface area contributed by atoms with Gasteiger partial charge >= 0.3 is 0 Å². The van der Waals surface area contributed by atoms with Crippen molar-refractivity contribution in [3.63, 3.8) is 0 Å². The summed E-state index contributed by atoms with van der Waals surface area (Å²) in [4.78, 5) is 20.8. The van der Waals surface area contributed by atoms with Crippen LogP contribution >= 0.6 is 0 Å². The molecule has 0 aromatic carbocycles. The first-order valence-electron chi connectivity index (χ1n) is 10.6. The molecule has 2 aliphatic rings. The molecule has 3 rings (SSSR count). The molecule has 0 unspecified atom stereocenters. The highest BCUT2D eigenvalue weighted by Crippen LogP contribution is 2.17. The van der Waals surface area contributed by atoms with E-state index in [1.54, 1.807) is 19.5 Å².